The van der Waals surface area contributed by atoms with Crippen LogP contribution >= 0.6 is 0 Å². The van der Waals surface area contributed by atoms with Crippen molar-refractivity contribution in [3.63, 3.8) is 0 Å². The Balaban J connectivity index is 1.81. The summed E-state index contributed by atoms with van der Waals surface area (Å²) in [4.78, 5) is 28.8. The average Bonchev–Trinajstić information content (AvgIpc) is 3.07. The van der Waals surface area contributed by atoms with Crippen LogP contribution in [0.4, 0.5) is 11.4 Å². The van der Waals surface area contributed by atoms with Gasteiger partial charge in [-0.3, -0.25) is 9.59 Å². The minimum absolute atomic E-state index is 0.134. The van der Waals surface area contributed by atoms with Crippen LogP contribution in [-0.2, 0) is 4.79 Å². The first kappa shape index (κ1) is 18.6. The SMILES string of the molecule is COc1cc(OC)cc(N2CCC(N(C)C(=O)c3cccc(N)c3)C2=O)c1. The van der Waals surface area contributed by atoms with Gasteiger partial charge in [0.1, 0.15) is 17.5 Å². The lowest BCUT2D eigenvalue weighted by Crippen LogP contribution is -2.43. The summed E-state index contributed by atoms with van der Waals surface area (Å²) in [6.07, 6.45) is 0.545. The number of amides is 2. The Morgan fingerprint density at radius 2 is 1.81 bits per heavy atom. The molecule has 142 valence electrons. The minimum Gasteiger partial charge on any atom is -0.497 e. The second-order valence-corrected chi connectivity index (χ2v) is 6.41. The topological polar surface area (TPSA) is 85.1 Å². The van der Waals surface area contributed by atoms with E-state index >= 15 is 0 Å². The van der Waals surface area contributed by atoms with Crippen LogP contribution in [0.25, 0.3) is 0 Å². The smallest absolute Gasteiger partial charge is 0.254 e. The lowest BCUT2D eigenvalue weighted by atomic mass is 10.1. The summed E-state index contributed by atoms with van der Waals surface area (Å²) < 4.78 is 10.6. The Morgan fingerprint density at radius 1 is 1.15 bits per heavy atom. The number of hydrogen-bond acceptors (Lipinski definition) is 5. The number of nitrogen functional groups attached to an aromatic ring is 1. The van der Waals surface area contributed by atoms with Crippen LogP contribution in [0, 0.1) is 0 Å². The molecule has 1 fully saturated rings. The summed E-state index contributed by atoms with van der Waals surface area (Å²) >= 11 is 0. The fourth-order valence-corrected chi connectivity index (χ4v) is 3.25. The fourth-order valence-electron chi connectivity index (χ4n) is 3.25. The molecule has 1 unspecified atom stereocenters. The fraction of sp³-hybridized carbons (Fsp3) is 0.300. The van der Waals surface area contributed by atoms with Crippen LogP contribution in [0.5, 0.6) is 11.5 Å². The maximum Gasteiger partial charge on any atom is 0.254 e. The van der Waals surface area contributed by atoms with Gasteiger partial charge < -0.3 is 25.0 Å². The Morgan fingerprint density at radius 3 is 2.41 bits per heavy atom. The molecule has 1 aliphatic heterocycles. The molecular formula is C20H23N3O4. The van der Waals surface area contributed by atoms with Gasteiger partial charge in [0.15, 0.2) is 0 Å². The third-order valence-electron chi connectivity index (χ3n) is 4.75. The molecule has 1 aliphatic rings. The predicted molar refractivity (Wildman–Crippen MR) is 103 cm³/mol. The molecule has 7 heteroatoms. The van der Waals surface area contributed by atoms with Crippen LogP contribution in [0.3, 0.4) is 0 Å². The number of methoxy groups -OCH3 is 2. The molecule has 2 N–H and O–H groups in total. The molecule has 7 nitrogen and oxygen atoms in total. The van der Waals surface area contributed by atoms with Crippen LogP contribution < -0.4 is 20.1 Å². The zero-order valence-electron chi connectivity index (χ0n) is 15.6. The standard InChI is InChI=1S/C20H23N3O4/c1-22(19(24)13-5-4-6-14(21)9-13)18-7-8-23(20(18)25)15-10-16(26-2)12-17(11-15)27-3/h4-6,9-12,18H,7-8,21H2,1-3H3. The molecule has 27 heavy (non-hydrogen) atoms. The Kier molecular flexibility index (Phi) is 5.21. The number of ether oxygens (including phenoxy) is 2. The van der Waals surface area contributed by atoms with E-state index < -0.39 is 6.04 Å². The maximum absolute atomic E-state index is 13.0. The highest BCUT2D eigenvalue weighted by molar-refractivity contribution is 6.04. The van der Waals surface area contributed by atoms with E-state index in [1.54, 1.807) is 68.6 Å². The second-order valence-electron chi connectivity index (χ2n) is 6.41. The molecule has 0 bridgehead atoms. The summed E-state index contributed by atoms with van der Waals surface area (Å²) in [6.45, 7) is 0.508. The largest absolute Gasteiger partial charge is 0.497 e. The van der Waals surface area contributed by atoms with Crippen molar-refractivity contribution >= 4 is 23.2 Å². The summed E-state index contributed by atoms with van der Waals surface area (Å²) in [7, 11) is 4.76. The molecule has 0 spiro atoms. The molecular weight excluding hydrogens is 346 g/mol. The lowest BCUT2D eigenvalue weighted by Gasteiger charge is -2.24. The molecule has 2 aromatic carbocycles. The zero-order valence-corrected chi connectivity index (χ0v) is 15.6. The zero-order chi connectivity index (χ0) is 19.6. The molecule has 2 aromatic rings. The molecule has 0 radical (unpaired) electrons. The predicted octanol–water partition coefficient (Wildman–Crippen LogP) is 2.16. The number of carbonyl (C=O) groups excluding carboxylic acids is 2. The van der Waals surface area contributed by atoms with E-state index in [0.717, 1.165) is 0 Å². The number of anilines is 2. The molecule has 3 rings (SSSR count). The monoisotopic (exact) mass is 369 g/mol. The van der Waals surface area contributed by atoms with Crippen LogP contribution in [0.15, 0.2) is 42.5 Å². The van der Waals surface area contributed by atoms with Crippen molar-refractivity contribution in [1.29, 1.82) is 0 Å². The van der Waals surface area contributed by atoms with Crippen molar-refractivity contribution in [3.05, 3.63) is 48.0 Å². The number of rotatable bonds is 5. The highest BCUT2D eigenvalue weighted by Gasteiger charge is 2.37. The maximum atomic E-state index is 13.0. The van der Waals surface area contributed by atoms with Gasteiger partial charge in [-0.1, -0.05) is 6.07 Å². The van der Waals surface area contributed by atoms with E-state index in [9.17, 15) is 9.59 Å². The van der Waals surface area contributed by atoms with Gasteiger partial charge in [-0.15, -0.1) is 0 Å². The number of hydrogen-bond donors (Lipinski definition) is 1. The van der Waals surface area contributed by atoms with Crippen molar-refractivity contribution in [3.8, 4) is 11.5 Å². The Bertz CT molecular complexity index is 846. The molecule has 0 aliphatic carbocycles. The third kappa shape index (κ3) is 3.67. The van der Waals surface area contributed by atoms with Gasteiger partial charge in [-0.25, -0.2) is 0 Å². The van der Waals surface area contributed by atoms with E-state index in [-0.39, 0.29) is 11.8 Å². The third-order valence-corrected chi connectivity index (χ3v) is 4.75. The molecule has 0 saturated carbocycles. The summed E-state index contributed by atoms with van der Waals surface area (Å²) in [5, 5.41) is 0. The summed E-state index contributed by atoms with van der Waals surface area (Å²) in [6, 6.07) is 11.5. The van der Waals surface area contributed by atoms with Crippen molar-refractivity contribution in [1.82, 2.24) is 4.90 Å². The van der Waals surface area contributed by atoms with Crippen LogP contribution in [0.1, 0.15) is 16.8 Å². The molecule has 1 heterocycles. The van der Waals surface area contributed by atoms with Gasteiger partial charge in [-0.2, -0.15) is 0 Å². The van der Waals surface area contributed by atoms with Crippen molar-refractivity contribution in [2.75, 3.05) is 38.4 Å². The first-order chi connectivity index (χ1) is 12.9. The van der Waals surface area contributed by atoms with Crippen molar-refractivity contribution in [2.24, 2.45) is 0 Å². The van der Waals surface area contributed by atoms with E-state index in [2.05, 4.69) is 0 Å². The average molecular weight is 369 g/mol. The number of benzene rings is 2. The summed E-state index contributed by atoms with van der Waals surface area (Å²) in [5.41, 5.74) is 7.42. The van der Waals surface area contributed by atoms with Gasteiger partial charge in [0, 0.05) is 43.0 Å². The number of nitrogens with zero attached hydrogens (tertiary/aromatic N) is 2. The summed E-state index contributed by atoms with van der Waals surface area (Å²) in [5.74, 6) is 0.838. The van der Waals surface area contributed by atoms with Gasteiger partial charge in [0.05, 0.1) is 19.9 Å². The van der Waals surface area contributed by atoms with Gasteiger partial charge in [0.2, 0.25) is 5.91 Å². The number of likely N-dealkylation sites (N-methyl/N-ethyl adjacent to an activating group) is 1. The van der Waals surface area contributed by atoms with E-state index in [0.29, 0.717) is 41.4 Å². The van der Waals surface area contributed by atoms with Crippen molar-refractivity contribution < 1.29 is 19.1 Å². The normalized spacial score (nSPS) is 16.3. The molecule has 1 saturated heterocycles. The second kappa shape index (κ2) is 7.57. The van der Waals surface area contributed by atoms with E-state index in [4.69, 9.17) is 15.2 Å². The van der Waals surface area contributed by atoms with Gasteiger partial charge in [-0.05, 0) is 24.6 Å². The first-order valence-corrected chi connectivity index (χ1v) is 8.61. The molecule has 2 amide bonds. The first-order valence-electron chi connectivity index (χ1n) is 8.61. The minimum atomic E-state index is -0.531. The quantitative estimate of drug-likeness (QED) is 0.817. The Labute approximate surface area is 158 Å². The van der Waals surface area contributed by atoms with Gasteiger partial charge in [0.25, 0.3) is 5.91 Å². The van der Waals surface area contributed by atoms with Gasteiger partial charge >= 0.3 is 0 Å². The molecule has 0 aromatic heterocycles. The van der Waals surface area contributed by atoms with E-state index in [1.165, 1.54) is 4.90 Å². The van der Waals surface area contributed by atoms with Crippen LogP contribution in [-0.4, -0.2) is 50.6 Å². The number of nitrogens with two attached hydrogens (primary N) is 1. The number of carbonyl (C=O) groups is 2. The highest BCUT2D eigenvalue weighted by atomic mass is 16.5. The lowest BCUT2D eigenvalue weighted by molar-refractivity contribution is -0.120. The van der Waals surface area contributed by atoms with Crippen molar-refractivity contribution in [2.45, 2.75) is 12.5 Å². The van der Waals surface area contributed by atoms with Crippen LogP contribution in [0.2, 0.25) is 0 Å². The Hall–Kier alpha value is -3.22. The molecule has 1 atom stereocenters. The highest BCUT2D eigenvalue weighted by Crippen LogP contribution is 2.32. The van der Waals surface area contributed by atoms with E-state index in [1.807, 2.05) is 0 Å².